The lowest BCUT2D eigenvalue weighted by molar-refractivity contribution is -0.390. The van der Waals surface area contributed by atoms with Gasteiger partial charge < -0.3 is 15.2 Å². The van der Waals surface area contributed by atoms with Gasteiger partial charge in [0.1, 0.15) is 0 Å². The molecular formula is C7H5F3N2O3. The molecule has 0 spiro atoms. The first-order valence-corrected chi connectivity index (χ1v) is 3.70. The van der Waals surface area contributed by atoms with E-state index >= 15 is 0 Å². The standard InChI is InChI=1S/C7H5F3N2O3/c8-4-1-3(2-13)7(12(14)15)11-5(4)6(9)10/h1,6,13H,2H2. The third-order valence-electron chi connectivity index (χ3n) is 1.61. The predicted octanol–water partition coefficient (Wildman–Crippen LogP) is 1.56. The zero-order valence-corrected chi connectivity index (χ0v) is 7.15. The van der Waals surface area contributed by atoms with Crippen LogP contribution >= 0.6 is 0 Å². The molecule has 0 bridgehead atoms. The molecule has 1 N–H and O–H groups in total. The maximum Gasteiger partial charge on any atom is 0.369 e. The summed E-state index contributed by atoms with van der Waals surface area (Å²) in [5.41, 5.74) is -1.74. The van der Waals surface area contributed by atoms with Gasteiger partial charge in [0.05, 0.1) is 12.2 Å². The number of halogens is 3. The normalized spacial score (nSPS) is 10.7. The van der Waals surface area contributed by atoms with Crippen LogP contribution < -0.4 is 0 Å². The molecule has 82 valence electrons. The highest BCUT2D eigenvalue weighted by Gasteiger charge is 2.27. The minimum Gasteiger partial charge on any atom is -0.391 e. The van der Waals surface area contributed by atoms with E-state index in [1.807, 2.05) is 0 Å². The van der Waals surface area contributed by atoms with Crippen LogP contribution in [0.5, 0.6) is 0 Å². The van der Waals surface area contributed by atoms with Crippen molar-refractivity contribution in [3.63, 3.8) is 0 Å². The first-order chi connectivity index (χ1) is 6.97. The summed E-state index contributed by atoms with van der Waals surface area (Å²) < 4.78 is 37.1. The van der Waals surface area contributed by atoms with E-state index in [1.54, 1.807) is 0 Å². The number of aromatic nitrogens is 1. The molecule has 0 unspecified atom stereocenters. The number of nitrogens with zero attached hydrogens (tertiary/aromatic N) is 2. The van der Waals surface area contributed by atoms with Gasteiger partial charge in [-0.3, -0.25) is 0 Å². The van der Waals surface area contributed by atoms with Crippen molar-refractivity contribution in [2.45, 2.75) is 13.0 Å². The van der Waals surface area contributed by atoms with Crippen LogP contribution in [0.2, 0.25) is 0 Å². The summed E-state index contributed by atoms with van der Waals surface area (Å²) in [7, 11) is 0. The van der Waals surface area contributed by atoms with Gasteiger partial charge in [-0.05, 0) is 16.0 Å². The number of aliphatic hydroxyl groups excluding tert-OH is 1. The van der Waals surface area contributed by atoms with Crippen molar-refractivity contribution in [2.75, 3.05) is 0 Å². The Morgan fingerprint density at radius 2 is 2.20 bits per heavy atom. The monoisotopic (exact) mass is 222 g/mol. The fourth-order valence-corrected chi connectivity index (χ4v) is 0.958. The van der Waals surface area contributed by atoms with E-state index in [0.29, 0.717) is 6.07 Å². The van der Waals surface area contributed by atoms with Gasteiger partial charge in [-0.25, -0.2) is 13.2 Å². The fourth-order valence-electron chi connectivity index (χ4n) is 0.958. The molecule has 0 aromatic carbocycles. The second kappa shape index (κ2) is 4.22. The van der Waals surface area contributed by atoms with Crippen molar-refractivity contribution in [3.05, 3.63) is 33.3 Å². The number of hydrogen-bond donors (Lipinski definition) is 1. The molecule has 0 aliphatic rings. The molecule has 15 heavy (non-hydrogen) atoms. The molecule has 0 saturated heterocycles. The summed E-state index contributed by atoms with van der Waals surface area (Å²) in [5.74, 6) is -2.34. The quantitative estimate of drug-likeness (QED) is 0.621. The summed E-state index contributed by atoms with van der Waals surface area (Å²) >= 11 is 0. The zero-order chi connectivity index (χ0) is 11.6. The lowest BCUT2D eigenvalue weighted by Crippen LogP contribution is -2.05. The van der Waals surface area contributed by atoms with E-state index in [9.17, 15) is 23.3 Å². The van der Waals surface area contributed by atoms with Crippen LogP contribution in [0.25, 0.3) is 0 Å². The smallest absolute Gasteiger partial charge is 0.369 e. The third kappa shape index (κ3) is 2.21. The van der Waals surface area contributed by atoms with Crippen molar-refractivity contribution in [1.29, 1.82) is 0 Å². The molecule has 0 saturated carbocycles. The number of alkyl halides is 2. The predicted molar refractivity (Wildman–Crippen MR) is 41.7 cm³/mol. The average Bonchev–Trinajstić information content (AvgIpc) is 2.16. The summed E-state index contributed by atoms with van der Waals surface area (Å²) in [6.07, 6.45) is -3.24. The molecule has 0 fully saturated rings. The van der Waals surface area contributed by atoms with E-state index in [0.717, 1.165) is 0 Å². The van der Waals surface area contributed by atoms with Gasteiger partial charge in [0.15, 0.2) is 5.82 Å². The van der Waals surface area contributed by atoms with Gasteiger partial charge in [0.25, 0.3) is 5.69 Å². The van der Waals surface area contributed by atoms with Crippen LogP contribution in [0.4, 0.5) is 19.0 Å². The number of rotatable bonds is 3. The van der Waals surface area contributed by atoms with Crippen molar-refractivity contribution in [1.82, 2.24) is 4.98 Å². The molecule has 1 aromatic rings. The van der Waals surface area contributed by atoms with Crippen LogP contribution in [-0.4, -0.2) is 15.0 Å². The van der Waals surface area contributed by atoms with E-state index in [-0.39, 0.29) is 0 Å². The van der Waals surface area contributed by atoms with Crippen LogP contribution in [0, 0.1) is 15.9 Å². The van der Waals surface area contributed by atoms with E-state index in [4.69, 9.17) is 5.11 Å². The molecule has 0 amide bonds. The molecular weight excluding hydrogens is 217 g/mol. The van der Waals surface area contributed by atoms with Gasteiger partial charge in [-0.15, -0.1) is 0 Å². The average molecular weight is 222 g/mol. The van der Waals surface area contributed by atoms with E-state index in [1.165, 1.54) is 0 Å². The molecule has 1 heterocycles. The van der Waals surface area contributed by atoms with E-state index < -0.39 is 40.8 Å². The number of nitro groups is 1. The Morgan fingerprint density at radius 1 is 1.60 bits per heavy atom. The van der Waals surface area contributed by atoms with Gasteiger partial charge in [-0.2, -0.15) is 0 Å². The van der Waals surface area contributed by atoms with Gasteiger partial charge in [-0.1, -0.05) is 0 Å². The minimum atomic E-state index is -3.24. The number of aliphatic hydroxyl groups is 1. The Morgan fingerprint density at radius 3 is 2.60 bits per heavy atom. The van der Waals surface area contributed by atoms with Gasteiger partial charge in [0.2, 0.25) is 0 Å². The molecule has 1 rings (SSSR count). The van der Waals surface area contributed by atoms with Crippen LogP contribution in [0.3, 0.4) is 0 Å². The molecule has 1 aromatic heterocycles. The second-order valence-electron chi connectivity index (χ2n) is 2.55. The van der Waals surface area contributed by atoms with Gasteiger partial charge in [0, 0.05) is 0 Å². The number of pyridine rings is 1. The Balaban J connectivity index is 3.37. The molecule has 0 aliphatic carbocycles. The van der Waals surface area contributed by atoms with Crippen LogP contribution in [-0.2, 0) is 6.61 Å². The van der Waals surface area contributed by atoms with Crippen molar-refractivity contribution in [2.24, 2.45) is 0 Å². The Kier molecular flexibility index (Phi) is 3.20. The summed E-state index contributed by atoms with van der Waals surface area (Å²) in [6, 6.07) is 0.479. The largest absolute Gasteiger partial charge is 0.391 e. The number of hydrogen-bond acceptors (Lipinski definition) is 4. The summed E-state index contributed by atoms with van der Waals surface area (Å²) in [4.78, 5) is 12.1. The van der Waals surface area contributed by atoms with Crippen LogP contribution in [0.1, 0.15) is 17.7 Å². The lowest BCUT2D eigenvalue weighted by Gasteiger charge is -2.01. The van der Waals surface area contributed by atoms with Crippen molar-refractivity contribution >= 4 is 5.82 Å². The Bertz CT molecular complexity index is 397. The zero-order valence-electron chi connectivity index (χ0n) is 7.15. The summed E-state index contributed by atoms with van der Waals surface area (Å²) in [6.45, 7) is -0.844. The molecule has 0 radical (unpaired) electrons. The minimum absolute atomic E-state index is 0.443. The fraction of sp³-hybridized carbons (Fsp3) is 0.286. The lowest BCUT2D eigenvalue weighted by atomic mass is 10.2. The highest BCUT2D eigenvalue weighted by molar-refractivity contribution is 5.34. The van der Waals surface area contributed by atoms with Crippen molar-refractivity contribution in [3.8, 4) is 0 Å². The SMILES string of the molecule is O=[N+]([O-])c1nc(C(F)F)c(F)cc1CO. The topological polar surface area (TPSA) is 76.3 Å². The first-order valence-electron chi connectivity index (χ1n) is 3.70. The van der Waals surface area contributed by atoms with Crippen LogP contribution in [0.15, 0.2) is 6.07 Å². The summed E-state index contributed by atoms with van der Waals surface area (Å²) in [5, 5.41) is 19.0. The molecule has 0 aliphatic heterocycles. The van der Waals surface area contributed by atoms with Gasteiger partial charge >= 0.3 is 12.2 Å². The second-order valence-corrected chi connectivity index (χ2v) is 2.55. The Labute approximate surface area is 81.3 Å². The third-order valence-corrected chi connectivity index (χ3v) is 1.61. The Hall–Kier alpha value is -1.70. The van der Waals surface area contributed by atoms with E-state index in [2.05, 4.69) is 4.98 Å². The highest BCUT2D eigenvalue weighted by Crippen LogP contribution is 2.25. The highest BCUT2D eigenvalue weighted by atomic mass is 19.3. The first kappa shape index (κ1) is 11.4. The maximum absolute atomic E-state index is 12.9. The molecule has 5 nitrogen and oxygen atoms in total. The van der Waals surface area contributed by atoms with Crippen molar-refractivity contribution < 1.29 is 23.2 Å². The maximum atomic E-state index is 12.9. The molecule has 8 heteroatoms. The molecule has 0 atom stereocenters.